The maximum absolute atomic E-state index is 5.73. The molecule has 0 saturated carbocycles. The average Bonchev–Trinajstić information content (AvgIpc) is 2.63. The van der Waals surface area contributed by atoms with Crippen LogP contribution >= 0.6 is 37.2 Å². The summed E-state index contributed by atoms with van der Waals surface area (Å²) in [6.07, 6.45) is 8.05. The van der Waals surface area contributed by atoms with Gasteiger partial charge in [-0.3, -0.25) is 9.98 Å². The molecule has 0 bridgehead atoms. The highest BCUT2D eigenvalue weighted by Crippen LogP contribution is 2.30. The standard InChI is InChI=1S/C19H19N3O.3ClH/c1-4-16(13-20-7-1)19-15(3-2-8-22-19)11-14-5-6-17-18(12-14)23-10-9-21-17;;;/h1,4-7,11-13,21H,2-3,8-10H2;3*1H/b15-11+;;;. The van der Waals surface area contributed by atoms with Crippen LogP contribution in [-0.4, -0.2) is 30.4 Å². The first kappa shape index (κ1) is 22.3. The predicted octanol–water partition coefficient (Wildman–Crippen LogP) is 4.82. The number of aliphatic imine (C=N–C) groups is 1. The fraction of sp³-hybridized carbons (Fsp3) is 0.263. The van der Waals surface area contributed by atoms with Crippen LogP contribution in [0.1, 0.15) is 24.0 Å². The first-order chi connectivity index (χ1) is 11.4. The zero-order valence-electron chi connectivity index (χ0n) is 14.2. The molecule has 3 heterocycles. The van der Waals surface area contributed by atoms with Crippen LogP contribution in [0.15, 0.2) is 53.3 Å². The summed E-state index contributed by atoms with van der Waals surface area (Å²) in [5.74, 6) is 0.932. The number of hydrogen-bond acceptors (Lipinski definition) is 4. The normalized spacial score (nSPS) is 16.5. The Morgan fingerprint density at radius 2 is 2.00 bits per heavy atom. The lowest BCUT2D eigenvalue weighted by Gasteiger charge is -2.20. The van der Waals surface area contributed by atoms with Crippen molar-refractivity contribution in [1.82, 2.24) is 4.98 Å². The maximum Gasteiger partial charge on any atom is 0.143 e. The lowest BCUT2D eigenvalue weighted by molar-refractivity contribution is 0.323. The first-order valence-electron chi connectivity index (χ1n) is 8.07. The van der Waals surface area contributed by atoms with E-state index in [-0.39, 0.29) is 37.2 Å². The molecule has 1 aromatic carbocycles. The number of ether oxygens (including phenoxy) is 1. The van der Waals surface area contributed by atoms with Crippen molar-refractivity contribution in [3.63, 3.8) is 0 Å². The van der Waals surface area contributed by atoms with Crippen LogP contribution in [0.3, 0.4) is 0 Å². The molecule has 4 rings (SSSR count). The van der Waals surface area contributed by atoms with Crippen molar-refractivity contribution >= 4 is 54.7 Å². The average molecular weight is 415 g/mol. The number of allylic oxidation sites excluding steroid dienone is 1. The van der Waals surface area contributed by atoms with Crippen molar-refractivity contribution in [2.45, 2.75) is 12.8 Å². The second-order valence-electron chi connectivity index (χ2n) is 5.78. The molecule has 0 aliphatic carbocycles. The molecule has 0 atom stereocenters. The van der Waals surface area contributed by atoms with Gasteiger partial charge >= 0.3 is 0 Å². The van der Waals surface area contributed by atoms with E-state index in [4.69, 9.17) is 9.73 Å². The Hall–Kier alpha value is -1.75. The number of pyridine rings is 1. The zero-order chi connectivity index (χ0) is 15.5. The largest absolute Gasteiger partial charge is 0.490 e. The second-order valence-corrected chi connectivity index (χ2v) is 5.78. The Morgan fingerprint density at radius 1 is 1.12 bits per heavy atom. The van der Waals surface area contributed by atoms with Gasteiger partial charge < -0.3 is 10.1 Å². The molecule has 0 saturated heterocycles. The van der Waals surface area contributed by atoms with Crippen molar-refractivity contribution in [2.75, 3.05) is 25.0 Å². The molecule has 7 heteroatoms. The molecule has 2 aliphatic heterocycles. The predicted molar refractivity (Wildman–Crippen MR) is 115 cm³/mol. The van der Waals surface area contributed by atoms with Gasteiger partial charge in [0.15, 0.2) is 0 Å². The van der Waals surface area contributed by atoms with Crippen molar-refractivity contribution in [3.8, 4) is 5.75 Å². The first-order valence-corrected chi connectivity index (χ1v) is 8.07. The SMILES string of the molecule is C(=C1/CCCN=C1c1cccnc1)/c1ccc2c(c1)OCCN2.Cl.Cl.Cl. The molecule has 0 unspecified atom stereocenters. The lowest BCUT2D eigenvalue weighted by Crippen LogP contribution is -2.17. The van der Waals surface area contributed by atoms with E-state index in [1.807, 2.05) is 12.3 Å². The molecule has 0 amide bonds. The van der Waals surface area contributed by atoms with Gasteiger partial charge in [0.25, 0.3) is 0 Å². The van der Waals surface area contributed by atoms with E-state index in [2.05, 4.69) is 40.6 Å². The molecule has 140 valence electrons. The monoisotopic (exact) mass is 413 g/mol. The molecule has 1 aromatic heterocycles. The summed E-state index contributed by atoms with van der Waals surface area (Å²) in [5.41, 5.74) is 5.66. The maximum atomic E-state index is 5.73. The summed E-state index contributed by atoms with van der Waals surface area (Å²) in [6.45, 7) is 2.47. The van der Waals surface area contributed by atoms with Gasteiger partial charge in [-0.2, -0.15) is 0 Å². The molecule has 4 nitrogen and oxygen atoms in total. The van der Waals surface area contributed by atoms with E-state index in [0.717, 1.165) is 60.8 Å². The Balaban J connectivity index is 0.00000113. The summed E-state index contributed by atoms with van der Waals surface area (Å²) in [5, 5.41) is 3.35. The fourth-order valence-electron chi connectivity index (χ4n) is 3.04. The van der Waals surface area contributed by atoms with Crippen LogP contribution in [0.25, 0.3) is 6.08 Å². The second kappa shape index (κ2) is 10.4. The third kappa shape index (κ3) is 4.91. The van der Waals surface area contributed by atoms with Crippen LogP contribution in [-0.2, 0) is 0 Å². The van der Waals surface area contributed by atoms with Gasteiger partial charge in [-0.05, 0) is 54.3 Å². The summed E-state index contributed by atoms with van der Waals surface area (Å²) in [4.78, 5) is 8.95. The van der Waals surface area contributed by atoms with Gasteiger partial charge in [-0.15, -0.1) is 37.2 Å². The molecular formula is C19H22Cl3N3O. The smallest absolute Gasteiger partial charge is 0.143 e. The summed E-state index contributed by atoms with van der Waals surface area (Å²) >= 11 is 0. The number of aromatic nitrogens is 1. The Bertz CT molecular complexity index is 779. The summed E-state index contributed by atoms with van der Waals surface area (Å²) in [7, 11) is 0. The molecule has 2 aromatic rings. The minimum Gasteiger partial charge on any atom is -0.490 e. The molecular weight excluding hydrogens is 393 g/mol. The van der Waals surface area contributed by atoms with Gasteiger partial charge in [0.2, 0.25) is 0 Å². The highest BCUT2D eigenvalue weighted by atomic mass is 35.5. The number of hydrogen-bond donors (Lipinski definition) is 1. The van der Waals surface area contributed by atoms with Crippen molar-refractivity contribution in [3.05, 3.63) is 59.4 Å². The number of rotatable bonds is 2. The van der Waals surface area contributed by atoms with Crippen molar-refractivity contribution < 1.29 is 4.74 Å². The van der Waals surface area contributed by atoms with Crippen LogP contribution in [0.4, 0.5) is 5.69 Å². The summed E-state index contributed by atoms with van der Waals surface area (Å²) < 4.78 is 5.73. The quantitative estimate of drug-likeness (QED) is 0.766. The lowest BCUT2D eigenvalue weighted by atomic mass is 9.95. The van der Waals surface area contributed by atoms with Gasteiger partial charge in [0, 0.05) is 31.0 Å². The Labute approximate surface area is 172 Å². The molecule has 0 fully saturated rings. The fourth-order valence-corrected chi connectivity index (χ4v) is 3.04. The highest BCUT2D eigenvalue weighted by molar-refractivity contribution is 6.15. The van der Waals surface area contributed by atoms with E-state index >= 15 is 0 Å². The van der Waals surface area contributed by atoms with E-state index in [9.17, 15) is 0 Å². The van der Waals surface area contributed by atoms with Crippen LogP contribution in [0, 0.1) is 0 Å². The molecule has 0 radical (unpaired) electrons. The van der Waals surface area contributed by atoms with Crippen molar-refractivity contribution in [2.24, 2.45) is 4.99 Å². The summed E-state index contributed by atoms with van der Waals surface area (Å²) in [6, 6.07) is 10.4. The van der Waals surface area contributed by atoms with Gasteiger partial charge in [0.05, 0.1) is 11.4 Å². The van der Waals surface area contributed by atoms with Crippen LogP contribution < -0.4 is 10.1 Å². The van der Waals surface area contributed by atoms with Crippen LogP contribution in [0.5, 0.6) is 5.75 Å². The third-order valence-corrected chi connectivity index (χ3v) is 4.13. The number of halogens is 3. The minimum absolute atomic E-state index is 0. The highest BCUT2D eigenvalue weighted by Gasteiger charge is 2.15. The van der Waals surface area contributed by atoms with Gasteiger partial charge in [-0.1, -0.05) is 6.07 Å². The molecule has 2 aliphatic rings. The number of nitrogens with one attached hydrogen (secondary N) is 1. The van der Waals surface area contributed by atoms with Crippen LogP contribution in [0.2, 0.25) is 0 Å². The topological polar surface area (TPSA) is 46.5 Å². The number of nitrogens with zero attached hydrogens (tertiary/aromatic N) is 2. The molecule has 26 heavy (non-hydrogen) atoms. The van der Waals surface area contributed by atoms with Gasteiger partial charge in [0.1, 0.15) is 12.4 Å². The minimum atomic E-state index is 0. The third-order valence-electron chi connectivity index (χ3n) is 4.13. The Kier molecular flexibility index (Phi) is 8.93. The van der Waals surface area contributed by atoms with Crippen molar-refractivity contribution in [1.29, 1.82) is 0 Å². The van der Waals surface area contributed by atoms with E-state index in [0.29, 0.717) is 0 Å². The zero-order valence-corrected chi connectivity index (χ0v) is 16.6. The number of fused-ring (bicyclic) bond motifs is 1. The molecule has 1 N–H and O–H groups in total. The van der Waals surface area contributed by atoms with E-state index < -0.39 is 0 Å². The van der Waals surface area contributed by atoms with E-state index in [1.165, 1.54) is 5.57 Å². The van der Waals surface area contributed by atoms with Gasteiger partial charge in [-0.25, -0.2) is 0 Å². The molecule has 0 spiro atoms. The number of benzene rings is 1. The Morgan fingerprint density at radius 3 is 2.81 bits per heavy atom. The van der Waals surface area contributed by atoms with E-state index in [1.54, 1.807) is 6.20 Å². The number of anilines is 1.